The number of amides is 2. The lowest BCUT2D eigenvalue weighted by molar-refractivity contribution is -0.118. The zero-order valence-electron chi connectivity index (χ0n) is 16.9. The molecular weight excluding hydrogens is 400 g/mol. The van der Waals surface area contributed by atoms with Crippen LogP contribution in [-0.4, -0.2) is 25.0 Å². The molecule has 0 radical (unpaired) electrons. The average Bonchev–Trinajstić information content (AvgIpc) is 2.76. The summed E-state index contributed by atoms with van der Waals surface area (Å²) in [7, 11) is 0. The predicted octanol–water partition coefficient (Wildman–Crippen LogP) is 5.33. The first-order valence-corrected chi connectivity index (χ1v) is 10.0. The van der Waals surface area contributed by atoms with Crippen molar-refractivity contribution < 1.29 is 14.3 Å². The Hall–Kier alpha value is -3.31. The van der Waals surface area contributed by atoms with Gasteiger partial charge in [0.1, 0.15) is 5.75 Å². The molecular formula is C24H23ClN2O3. The second kappa shape index (κ2) is 9.94. The second-order valence-electron chi connectivity index (χ2n) is 6.71. The summed E-state index contributed by atoms with van der Waals surface area (Å²) in [5, 5.41) is 3.41. The van der Waals surface area contributed by atoms with Gasteiger partial charge in [0.25, 0.3) is 11.8 Å². The van der Waals surface area contributed by atoms with Gasteiger partial charge in [-0.25, -0.2) is 0 Å². The summed E-state index contributed by atoms with van der Waals surface area (Å²) < 4.78 is 5.52. The van der Waals surface area contributed by atoms with Gasteiger partial charge in [-0.1, -0.05) is 35.9 Å². The van der Waals surface area contributed by atoms with E-state index in [1.165, 1.54) is 0 Å². The predicted molar refractivity (Wildman–Crippen MR) is 121 cm³/mol. The van der Waals surface area contributed by atoms with Crippen molar-refractivity contribution in [2.24, 2.45) is 0 Å². The number of para-hydroxylation sites is 1. The fraction of sp³-hybridized carbons (Fsp3) is 0.167. The van der Waals surface area contributed by atoms with E-state index in [1.807, 2.05) is 44.2 Å². The van der Waals surface area contributed by atoms with Gasteiger partial charge >= 0.3 is 0 Å². The maximum Gasteiger partial charge on any atom is 0.262 e. The molecule has 2 amide bonds. The summed E-state index contributed by atoms with van der Waals surface area (Å²) in [6, 6.07) is 21.6. The molecule has 0 saturated carbocycles. The minimum Gasteiger partial charge on any atom is -0.484 e. The van der Waals surface area contributed by atoms with E-state index >= 15 is 0 Å². The highest BCUT2D eigenvalue weighted by Gasteiger charge is 2.16. The van der Waals surface area contributed by atoms with Crippen LogP contribution >= 0.6 is 11.6 Å². The molecule has 1 N–H and O–H groups in total. The van der Waals surface area contributed by atoms with Gasteiger partial charge in [0.2, 0.25) is 0 Å². The number of ether oxygens (including phenoxy) is 1. The van der Waals surface area contributed by atoms with Crippen molar-refractivity contribution in [1.82, 2.24) is 0 Å². The van der Waals surface area contributed by atoms with Crippen LogP contribution in [0.2, 0.25) is 5.02 Å². The Morgan fingerprint density at radius 2 is 1.77 bits per heavy atom. The van der Waals surface area contributed by atoms with E-state index in [-0.39, 0.29) is 18.4 Å². The molecule has 3 aromatic carbocycles. The van der Waals surface area contributed by atoms with Crippen LogP contribution in [-0.2, 0) is 4.79 Å². The molecule has 0 aliphatic carbocycles. The summed E-state index contributed by atoms with van der Waals surface area (Å²) in [6.45, 7) is 4.18. The SMILES string of the molecule is CCN(C(=O)c1cccc(NC(=O)COc2ccc(Cl)c(C)c2)c1)c1ccccc1. The first kappa shape index (κ1) is 21.4. The minimum atomic E-state index is -0.317. The van der Waals surface area contributed by atoms with Gasteiger partial charge in [0, 0.05) is 28.5 Å². The monoisotopic (exact) mass is 422 g/mol. The van der Waals surface area contributed by atoms with E-state index < -0.39 is 0 Å². The number of hydrogen-bond donors (Lipinski definition) is 1. The number of carbonyl (C=O) groups is 2. The van der Waals surface area contributed by atoms with Crippen LogP contribution in [0.1, 0.15) is 22.8 Å². The molecule has 0 atom stereocenters. The maximum absolute atomic E-state index is 13.0. The molecule has 5 nitrogen and oxygen atoms in total. The van der Waals surface area contributed by atoms with Crippen molar-refractivity contribution >= 4 is 34.8 Å². The third-order valence-electron chi connectivity index (χ3n) is 4.52. The molecule has 0 fully saturated rings. The first-order chi connectivity index (χ1) is 14.5. The molecule has 0 aliphatic heterocycles. The number of halogens is 1. The lowest BCUT2D eigenvalue weighted by atomic mass is 10.1. The van der Waals surface area contributed by atoms with Crippen LogP contribution in [0, 0.1) is 6.92 Å². The van der Waals surface area contributed by atoms with Crippen LogP contribution < -0.4 is 15.0 Å². The van der Waals surface area contributed by atoms with Crippen molar-refractivity contribution in [3.63, 3.8) is 0 Å². The number of nitrogens with one attached hydrogen (secondary N) is 1. The Bertz CT molecular complexity index is 1040. The molecule has 3 aromatic rings. The van der Waals surface area contributed by atoms with Crippen molar-refractivity contribution in [1.29, 1.82) is 0 Å². The third-order valence-corrected chi connectivity index (χ3v) is 4.95. The molecule has 154 valence electrons. The highest BCUT2D eigenvalue weighted by Crippen LogP contribution is 2.21. The molecule has 0 spiro atoms. The van der Waals surface area contributed by atoms with Gasteiger partial charge in [-0.2, -0.15) is 0 Å². The van der Waals surface area contributed by atoms with Crippen LogP contribution in [0.4, 0.5) is 11.4 Å². The number of nitrogens with zero attached hydrogens (tertiary/aromatic N) is 1. The Labute approximate surface area is 181 Å². The number of carbonyl (C=O) groups excluding carboxylic acids is 2. The molecule has 0 bridgehead atoms. The van der Waals surface area contributed by atoms with E-state index in [0.717, 1.165) is 11.3 Å². The summed E-state index contributed by atoms with van der Waals surface area (Å²) in [5.41, 5.74) is 2.73. The van der Waals surface area contributed by atoms with Crippen molar-refractivity contribution in [2.45, 2.75) is 13.8 Å². The lowest BCUT2D eigenvalue weighted by Gasteiger charge is -2.21. The van der Waals surface area contributed by atoms with Crippen molar-refractivity contribution in [2.75, 3.05) is 23.4 Å². The molecule has 30 heavy (non-hydrogen) atoms. The normalized spacial score (nSPS) is 10.4. The molecule has 0 aliphatic rings. The fourth-order valence-electron chi connectivity index (χ4n) is 2.99. The Kier molecular flexibility index (Phi) is 7.09. The number of anilines is 2. The molecule has 0 aromatic heterocycles. The summed E-state index contributed by atoms with van der Waals surface area (Å²) in [5.74, 6) is 0.118. The molecule has 0 heterocycles. The van der Waals surface area contributed by atoms with Gasteiger partial charge < -0.3 is 15.0 Å². The van der Waals surface area contributed by atoms with Crippen LogP contribution in [0.3, 0.4) is 0 Å². The molecule has 0 unspecified atom stereocenters. The quantitative estimate of drug-likeness (QED) is 0.559. The highest BCUT2D eigenvalue weighted by molar-refractivity contribution is 6.31. The molecule has 6 heteroatoms. The minimum absolute atomic E-state index is 0.132. The van der Waals surface area contributed by atoms with Gasteiger partial charge in [-0.15, -0.1) is 0 Å². The zero-order valence-corrected chi connectivity index (χ0v) is 17.6. The van der Waals surface area contributed by atoms with Crippen molar-refractivity contribution in [3.8, 4) is 5.75 Å². The van der Waals surface area contributed by atoms with Crippen molar-refractivity contribution in [3.05, 3.63) is 88.9 Å². The standard InChI is InChI=1S/C24H23ClN2O3/c1-3-27(20-10-5-4-6-11-20)24(29)18-8-7-9-19(15-18)26-23(28)16-30-21-12-13-22(25)17(2)14-21/h4-15H,3,16H2,1-2H3,(H,26,28). The summed E-state index contributed by atoms with van der Waals surface area (Å²) in [6.07, 6.45) is 0. The Morgan fingerprint density at radius 3 is 2.47 bits per heavy atom. The zero-order chi connectivity index (χ0) is 21.5. The third kappa shape index (κ3) is 5.39. The van der Waals surface area contributed by atoms with Crippen LogP contribution in [0.5, 0.6) is 5.75 Å². The van der Waals surface area contributed by atoms with E-state index in [0.29, 0.717) is 28.6 Å². The second-order valence-corrected chi connectivity index (χ2v) is 7.12. The van der Waals surface area contributed by atoms with E-state index in [2.05, 4.69) is 5.32 Å². The number of benzene rings is 3. The van der Waals surface area contributed by atoms with Crippen LogP contribution in [0.15, 0.2) is 72.8 Å². The fourth-order valence-corrected chi connectivity index (χ4v) is 3.11. The van der Waals surface area contributed by atoms with E-state index in [4.69, 9.17) is 16.3 Å². The Balaban J connectivity index is 1.65. The van der Waals surface area contributed by atoms with Gasteiger partial charge in [-0.05, 0) is 67.9 Å². The van der Waals surface area contributed by atoms with Gasteiger partial charge in [-0.3, -0.25) is 9.59 Å². The van der Waals surface area contributed by atoms with Crippen LogP contribution in [0.25, 0.3) is 0 Å². The smallest absolute Gasteiger partial charge is 0.262 e. The number of rotatable bonds is 7. The largest absolute Gasteiger partial charge is 0.484 e. The highest BCUT2D eigenvalue weighted by atomic mass is 35.5. The average molecular weight is 423 g/mol. The lowest BCUT2D eigenvalue weighted by Crippen LogP contribution is -2.30. The topological polar surface area (TPSA) is 58.6 Å². The summed E-state index contributed by atoms with van der Waals surface area (Å²) >= 11 is 6.00. The number of aryl methyl sites for hydroxylation is 1. The van der Waals surface area contributed by atoms with Gasteiger partial charge in [0.05, 0.1) is 0 Å². The Morgan fingerprint density at radius 1 is 1.00 bits per heavy atom. The first-order valence-electron chi connectivity index (χ1n) is 9.63. The molecule has 3 rings (SSSR count). The maximum atomic E-state index is 13.0. The van der Waals surface area contributed by atoms with E-state index in [9.17, 15) is 9.59 Å². The number of hydrogen-bond acceptors (Lipinski definition) is 3. The van der Waals surface area contributed by atoms with E-state index in [1.54, 1.807) is 47.4 Å². The summed E-state index contributed by atoms with van der Waals surface area (Å²) in [4.78, 5) is 26.9. The van der Waals surface area contributed by atoms with Gasteiger partial charge in [0.15, 0.2) is 6.61 Å². The molecule has 0 saturated heterocycles.